The molecule has 0 bridgehead atoms. The van der Waals surface area contributed by atoms with E-state index in [1.165, 1.54) is 0 Å². The van der Waals surface area contributed by atoms with Gasteiger partial charge in [-0.05, 0) is 26.7 Å². The van der Waals surface area contributed by atoms with Crippen molar-refractivity contribution in [3.8, 4) is 0 Å². The van der Waals surface area contributed by atoms with Gasteiger partial charge < -0.3 is 14.6 Å². The van der Waals surface area contributed by atoms with Gasteiger partial charge in [-0.25, -0.2) is 4.79 Å². The van der Waals surface area contributed by atoms with Crippen LogP contribution in [0.4, 0.5) is 0 Å². The molecule has 82 valence electrons. The maximum Gasteiger partial charge on any atom is 0.332 e. The molecule has 0 amide bonds. The van der Waals surface area contributed by atoms with Gasteiger partial charge in [0, 0.05) is 6.08 Å². The monoisotopic (exact) mass is 202 g/mol. The van der Waals surface area contributed by atoms with E-state index in [0.717, 1.165) is 12.5 Å². The molecule has 14 heavy (non-hydrogen) atoms. The Kier molecular flexibility index (Phi) is 7.06. The summed E-state index contributed by atoms with van der Waals surface area (Å²) in [6.45, 7) is 6.78. The van der Waals surface area contributed by atoms with E-state index in [-0.39, 0.29) is 19.0 Å². The fourth-order valence-electron chi connectivity index (χ4n) is 0.826. The maximum absolute atomic E-state index is 10.6. The molecule has 4 nitrogen and oxygen atoms in total. The topological polar surface area (TPSA) is 55.8 Å². The molecule has 0 aliphatic rings. The average Bonchev–Trinajstić information content (AvgIpc) is 2.14. The fourth-order valence-corrected chi connectivity index (χ4v) is 0.826. The molecular formula is C10H18O4. The zero-order valence-electron chi connectivity index (χ0n) is 8.73. The second-order valence-corrected chi connectivity index (χ2v) is 3.19. The fraction of sp³-hybridized carbons (Fsp3) is 0.700. The number of hydrogen-bond acceptors (Lipinski definition) is 4. The molecule has 0 aromatic rings. The SMILES string of the molecule is C=CC(=O)OCOC(C)CCC(C)O. The molecular weight excluding hydrogens is 184 g/mol. The zero-order valence-corrected chi connectivity index (χ0v) is 8.73. The van der Waals surface area contributed by atoms with Gasteiger partial charge in [0.05, 0.1) is 12.2 Å². The van der Waals surface area contributed by atoms with Crippen molar-refractivity contribution in [1.29, 1.82) is 0 Å². The van der Waals surface area contributed by atoms with Crippen molar-refractivity contribution in [2.75, 3.05) is 6.79 Å². The Bertz CT molecular complexity index is 177. The second kappa shape index (κ2) is 7.53. The van der Waals surface area contributed by atoms with Gasteiger partial charge in [0.15, 0.2) is 6.79 Å². The van der Waals surface area contributed by atoms with Crippen molar-refractivity contribution >= 4 is 5.97 Å². The van der Waals surface area contributed by atoms with Crippen molar-refractivity contribution < 1.29 is 19.4 Å². The molecule has 0 aliphatic heterocycles. The summed E-state index contributed by atoms with van der Waals surface area (Å²) >= 11 is 0. The number of carbonyl (C=O) groups excluding carboxylic acids is 1. The van der Waals surface area contributed by atoms with Gasteiger partial charge in [0.2, 0.25) is 0 Å². The van der Waals surface area contributed by atoms with Crippen LogP contribution in [0.25, 0.3) is 0 Å². The van der Waals surface area contributed by atoms with Crippen LogP contribution in [0.3, 0.4) is 0 Å². The number of ether oxygens (including phenoxy) is 2. The standard InChI is InChI=1S/C10H18O4/c1-4-10(12)14-7-13-9(3)6-5-8(2)11/h4,8-9,11H,1,5-7H2,2-3H3. The van der Waals surface area contributed by atoms with Gasteiger partial charge in [-0.2, -0.15) is 0 Å². The van der Waals surface area contributed by atoms with E-state index in [9.17, 15) is 4.79 Å². The number of esters is 1. The van der Waals surface area contributed by atoms with Crippen LogP contribution in [-0.2, 0) is 14.3 Å². The number of rotatable bonds is 7. The summed E-state index contributed by atoms with van der Waals surface area (Å²) in [5.74, 6) is -0.493. The van der Waals surface area contributed by atoms with Crippen LogP contribution in [-0.4, -0.2) is 30.1 Å². The molecule has 1 N–H and O–H groups in total. The second-order valence-electron chi connectivity index (χ2n) is 3.19. The molecule has 0 spiro atoms. The smallest absolute Gasteiger partial charge is 0.332 e. The number of carbonyl (C=O) groups is 1. The summed E-state index contributed by atoms with van der Waals surface area (Å²) in [6.07, 6.45) is 2.16. The summed E-state index contributed by atoms with van der Waals surface area (Å²) in [5.41, 5.74) is 0. The van der Waals surface area contributed by atoms with Crippen LogP contribution < -0.4 is 0 Å². The predicted octanol–water partition coefficient (Wildman–Crippen LogP) is 1.24. The molecule has 0 heterocycles. The quantitative estimate of drug-likeness (QED) is 0.383. The first-order chi connectivity index (χ1) is 6.56. The van der Waals surface area contributed by atoms with Gasteiger partial charge in [-0.1, -0.05) is 6.58 Å². The third-order valence-corrected chi connectivity index (χ3v) is 1.71. The van der Waals surface area contributed by atoms with Gasteiger partial charge in [0.1, 0.15) is 0 Å². The van der Waals surface area contributed by atoms with E-state index in [1.807, 2.05) is 6.92 Å². The summed E-state index contributed by atoms with van der Waals surface area (Å²) in [5, 5.41) is 9.00. The lowest BCUT2D eigenvalue weighted by molar-refractivity contribution is -0.154. The Hall–Kier alpha value is -0.870. The molecule has 0 radical (unpaired) electrons. The van der Waals surface area contributed by atoms with Crippen molar-refractivity contribution in [2.45, 2.75) is 38.9 Å². The van der Waals surface area contributed by atoms with Gasteiger partial charge in [-0.15, -0.1) is 0 Å². The molecule has 0 saturated carbocycles. The highest BCUT2D eigenvalue weighted by Crippen LogP contribution is 2.04. The summed E-state index contributed by atoms with van der Waals surface area (Å²) in [7, 11) is 0. The molecule has 0 aromatic heterocycles. The summed E-state index contributed by atoms with van der Waals surface area (Å²) in [6, 6.07) is 0. The van der Waals surface area contributed by atoms with Crippen LogP contribution in [0.5, 0.6) is 0 Å². The third-order valence-electron chi connectivity index (χ3n) is 1.71. The van der Waals surface area contributed by atoms with Crippen molar-refractivity contribution in [2.24, 2.45) is 0 Å². The lowest BCUT2D eigenvalue weighted by atomic mass is 10.1. The van der Waals surface area contributed by atoms with Crippen LogP contribution in [0.2, 0.25) is 0 Å². The Labute approximate surface area is 84.5 Å². The molecule has 0 fully saturated rings. The van der Waals surface area contributed by atoms with Crippen molar-refractivity contribution in [3.05, 3.63) is 12.7 Å². The maximum atomic E-state index is 10.6. The van der Waals surface area contributed by atoms with E-state index in [1.54, 1.807) is 6.92 Å². The highest BCUT2D eigenvalue weighted by Gasteiger charge is 2.05. The van der Waals surface area contributed by atoms with Crippen LogP contribution in [0, 0.1) is 0 Å². The normalized spacial score (nSPS) is 14.5. The first kappa shape index (κ1) is 13.1. The molecule has 0 aromatic carbocycles. The lowest BCUT2D eigenvalue weighted by Crippen LogP contribution is -2.15. The molecule has 0 rings (SSSR count). The summed E-state index contributed by atoms with van der Waals surface area (Å²) in [4.78, 5) is 10.6. The average molecular weight is 202 g/mol. The molecule has 2 atom stereocenters. The molecule has 0 aliphatic carbocycles. The Balaban J connectivity index is 3.39. The minimum Gasteiger partial charge on any atom is -0.435 e. The van der Waals surface area contributed by atoms with E-state index >= 15 is 0 Å². The highest BCUT2D eigenvalue weighted by atomic mass is 16.7. The summed E-state index contributed by atoms with van der Waals surface area (Å²) < 4.78 is 9.79. The number of aliphatic hydroxyl groups excluding tert-OH is 1. The minimum atomic E-state index is -0.493. The number of aliphatic hydroxyl groups is 1. The van der Waals surface area contributed by atoms with Crippen LogP contribution in [0.15, 0.2) is 12.7 Å². The first-order valence-corrected chi connectivity index (χ1v) is 4.65. The van der Waals surface area contributed by atoms with E-state index in [4.69, 9.17) is 9.84 Å². The highest BCUT2D eigenvalue weighted by molar-refractivity contribution is 5.81. The zero-order chi connectivity index (χ0) is 11.0. The Morgan fingerprint density at radius 3 is 2.64 bits per heavy atom. The van der Waals surface area contributed by atoms with Crippen LogP contribution >= 0.6 is 0 Å². The van der Waals surface area contributed by atoms with Gasteiger partial charge in [-0.3, -0.25) is 0 Å². The Morgan fingerprint density at radius 2 is 2.14 bits per heavy atom. The predicted molar refractivity (Wildman–Crippen MR) is 52.6 cm³/mol. The van der Waals surface area contributed by atoms with Crippen molar-refractivity contribution in [3.63, 3.8) is 0 Å². The van der Waals surface area contributed by atoms with E-state index < -0.39 is 5.97 Å². The van der Waals surface area contributed by atoms with Crippen LogP contribution in [0.1, 0.15) is 26.7 Å². The van der Waals surface area contributed by atoms with Gasteiger partial charge in [0.25, 0.3) is 0 Å². The Morgan fingerprint density at radius 1 is 1.50 bits per heavy atom. The molecule has 0 saturated heterocycles. The van der Waals surface area contributed by atoms with Gasteiger partial charge >= 0.3 is 5.97 Å². The molecule has 2 unspecified atom stereocenters. The third kappa shape index (κ3) is 7.76. The van der Waals surface area contributed by atoms with E-state index in [0.29, 0.717) is 6.42 Å². The lowest BCUT2D eigenvalue weighted by Gasteiger charge is -2.13. The van der Waals surface area contributed by atoms with Crippen molar-refractivity contribution in [1.82, 2.24) is 0 Å². The minimum absolute atomic E-state index is 0.0257. The number of hydrogen-bond donors (Lipinski definition) is 1. The molecule has 4 heteroatoms. The first-order valence-electron chi connectivity index (χ1n) is 4.65. The van der Waals surface area contributed by atoms with E-state index in [2.05, 4.69) is 11.3 Å². The largest absolute Gasteiger partial charge is 0.435 e.